The zero-order valence-electron chi connectivity index (χ0n) is 9.53. The number of benzene rings is 1. The van der Waals surface area contributed by atoms with Crippen LogP contribution in [0.3, 0.4) is 0 Å². The molecule has 0 aliphatic carbocycles. The average molecular weight is 246 g/mol. The Hall–Kier alpha value is -2.70. The number of nitro groups is 1. The fraction of sp³-hybridized carbons (Fsp3) is 0.0909. The highest BCUT2D eigenvalue weighted by Crippen LogP contribution is 2.30. The number of hydrogen-bond donors (Lipinski definition) is 1. The summed E-state index contributed by atoms with van der Waals surface area (Å²) in [5, 5.41) is 10.8. The summed E-state index contributed by atoms with van der Waals surface area (Å²) in [7, 11) is 0. The summed E-state index contributed by atoms with van der Waals surface area (Å²) in [4.78, 5) is 18.2. The van der Waals surface area contributed by atoms with E-state index in [9.17, 15) is 10.1 Å². The molecule has 7 heteroatoms. The molecular weight excluding hydrogens is 236 g/mol. The second-order valence-corrected chi connectivity index (χ2v) is 3.51. The maximum absolute atomic E-state index is 10.8. The number of rotatable bonds is 3. The van der Waals surface area contributed by atoms with Crippen LogP contribution in [0.5, 0.6) is 11.6 Å². The quantitative estimate of drug-likeness (QED) is 0.656. The third kappa shape index (κ3) is 2.51. The van der Waals surface area contributed by atoms with E-state index in [-0.39, 0.29) is 23.1 Å². The van der Waals surface area contributed by atoms with Crippen molar-refractivity contribution in [3.8, 4) is 11.6 Å². The number of nitrogen functional groups attached to an aromatic ring is 1. The van der Waals surface area contributed by atoms with Gasteiger partial charge < -0.3 is 10.5 Å². The van der Waals surface area contributed by atoms with Gasteiger partial charge in [0.25, 0.3) is 0 Å². The van der Waals surface area contributed by atoms with Gasteiger partial charge in [-0.1, -0.05) is 12.1 Å². The van der Waals surface area contributed by atoms with E-state index >= 15 is 0 Å². The third-order valence-corrected chi connectivity index (χ3v) is 2.11. The molecule has 2 N–H and O–H groups in total. The third-order valence-electron chi connectivity index (χ3n) is 2.11. The van der Waals surface area contributed by atoms with Crippen molar-refractivity contribution in [3.63, 3.8) is 0 Å². The predicted octanol–water partition coefficient (Wildman–Crippen LogP) is 2.07. The van der Waals surface area contributed by atoms with E-state index in [1.807, 2.05) is 0 Å². The van der Waals surface area contributed by atoms with E-state index in [0.717, 1.165) is 0 Å². The van der Waals surface area contributed by atoms with Gasteiger partial charge >= 0.3 is 5.69 Å². The maximum atomic E-state index is 10.8. The van der Waals surface area contributed by atoms with E-state index in [1.165, 1.54) is 18.2 Å². The van der Waals surface area contributed by atoms with E-state index in [1.54, 1.807) is 19.1 Å². The molecule has 0 aliphatic rings. The lowest BCUT2D eigenvalue weighted by atomic mass is 10.3. The van der Waals surface area contributed by atoms with Gasteiger partial charge in [0.2, 0.25) is 11.6 Å². The fourth-order valence-corrected chi connectivity index (χ4v) is 1.42. The normalized spacial score (nSPS) is 10.1. The second-order valence-electron chi connectivity index (χ2n) is 3.51. The van der Waals surface area contributed by atoms with Crippen molar-refractivity contribution < 1.29 is 9.66 Å². The molecule has 92 valence electrons. The van der Waals surface area contributed by atoms with Crippen LogP contribution in [0.1, 0.15) is 5.82 Å². The molecule has 1 aromatic heterocycles. The number of ether oxygens (including phenoxy) is 1. The minimum absolute atomic E-state index is 0.111. The lowest BCUT2D eigenvalue weighted by molar-refractivity contribution is -0.385. The topological polar surface area (TPSA) is 104 Å². The summed E-state index contributed by atoms with van der Waals surface area (Å²) in [6.07, 6.45) is 0. The highest BCUT2D eigenvalue weighted by atomic mass is 16.6. The Kier molecular flexibility index (Phi) is 3.05. The Morgan fingerprint density at radius 1 is 1.33 bits per heavy atom. The summed E-state index contributed by atoms with van der Waals surface area (Å²) < 4.78 is 5.36. The Morgan fingerprint density at radius 2 is 2.06 bits per heavy atom. The van der Waals surface area contributed by atoms with Crippen LogP contribution >= 0.6 is 0 Å². The van der Waals surface area contributed by atoms with E-state index < -0.39 is 4.92 Å². The van der Waals surface area contributed by atoms with Crippen molar-refractivity contribution in [3.05, 3.63) is 46.3 Å². The number of para-hydroxylation sites is 2. The zero-order valence-corrected chi connectivity index (χ0v) is 9.53. The lowest BCUT2D eigenvalue weighted by Crippen LogP contribution is -1.99. The Morgan fingerprint density at radius 3 is 2.72 bits per heavy atom. The molecule has 1 heterocycles. The zero-order chi connectivity index (χ0) is 13.1. The maximum Gasteiger partial charge on any atom is 0.311 e. The van der Waals surface area contributed by atoms with Crippen LogP contribution in [-0.2, 0) is 0 Å². The molecule has 0 saturated heterocycles. The van der Waals surface area contributed by atoms with Crippen LogP contribution < -0.4 is 10.5 Å². The van der Waals surface area contributed by atoms with Gasteiger partial charge in [-0.25, -0.2) is 4.98 Å². The molecule has 0 amide bonds. The number of aromatic nitrogens is 2. The molecule has 7 nitrogen and oxygen atoms in total. The van der Waals surface area contributed by atoms with Crippen molar-refractivity contribution in [2.45, 2.75) is 6.92 Å². The number of nitro benzene ring substituents is 1. The van der Waals surface area contributed by atoms with Gasteiger partial charge in [-0.05, 0) is 13.0 Å². The number of anilines is 1. The summed E-state index contributed by atoms with van der Waals surface area (Å²) in [5.74, 6) is 0.967. The van der Waals surface area contributed by atoms with E-state index in [2.05, 4.69) is 9.97 Å². The molecule has 0 bridgehead atoms. The van der Waals surface area contributed by atoms with Crippen LogP contribution in [0, 0.1) is 17.0 Å². The van der Waals surface area contributed by atoms with Crippen LogP contribution in [0.15, 0.2) is 30.3 Å². The molecule has 1 aromatic carbocycles. The van der Waals surface area contributed by atoms with E-state index in [4.69, 9.17) is 10.5 Å². The minimum Gasteiger partial charge on any atom is -0.432 e. The molecule has 0 saturated carbocycles. The van der Waals surface area contributed by atoms with E-state index in [0.29, 0.717) is 5.82 Å². The first-order chi connectivity index (χ1) is 8.56. The summed E-state index contributed by atoms with van der Waals surface area (Å²) in [6.45, 7) is 1.66. The van der Waals surface area contributed by atoms with Gasteiger partial charge in [0.05, 0.1) is 4.92 Å². The number of hydrogen-bond acceptors (Lipinski definition) is 6. The van der Waals surface area contributed by atoms with Crippen molar-refractivity contribution in [1.82, 2.24) is 9.97 Å². The van der Waals surface area contributed by atoms with Gasteiger partial charge in [0.1, 0.15) is 11.6 Å². The molecule has 18 heavy (non-hydrogen) atoms. The fourth-order valence-electron chi connectivity index (χ4n) is 1.42. The van der Waals surface area contributed by atoms with Gasteiger partial charge in [0.15, 0.2) is 0 Å². The number of nitrogens with two attached hydrogens (primary N) is 1. The van der Waals surface area contributed by atoms with Gasteiger partial charge in [0, 0.05) is 12.1 Å². The van der Waals surface area contributed by atoms with Crippen molar-refractivity contribution in [1.29, 1.82) is 0 Å². The Labute approximate surface area is 102 Å². The first-order valence-electron chi connectivity index (χ1n) is 5.08. The Balaban J connectivity index is 2.37. The molecular formula is C11H10N4O3. The molecule has 0 fully saturated rings. The van der Waals surface area contributed by atoms with Crippen molar-refractivity contribution >= 4 is 11.5 Å². The molecule has 2 aromatic rings. The van der Waals surface area contributed by atoms with Crippen LogP contribution in [-0.4, -0.2) is 14.9 Å². The monoisotopic (exact) mass is 246 g/mol. The Bertz CT molecular complexity index is 580. The van der Waals surface area contributed by atoms with Gasteiger partial charge in [-0.2, -0.15) is 4.98 Å². The molecule has 0 radical (unpaired) electrons. The molecule has 0 atom stereocenters. The smallest absolute Gasteiger partial charge is 0.311 e. The lowest BCUT2D eigenvalue weighted by Gasteiger charge is -2.06. The SMILES string of the molecule is Cc1nc(N)cc(Oc2ccccc2[N+](=O)[O-])n1. The van der Waals surface area contributed by atoms with Crippen molar-refractivity contribution in [2.24, 2.45) is 0 Å². The molecule has 0 aliphatic heterocycles. The summed E-state index contributed by atoms with van der Waals surface area (Å²) in [6, 6.07) is 7.45. The number of aryl methyl sites for hydroxylation is 1. The van der Waals surface area contributed by atoms with Gasteiger partial charge in [-0.15, -0.1) is 0 Å². The van der Waals surface area contributed by atoms with Crippen LogP contribution in [0.2, 0.25) is 0 Å². The van der Waals surface area contributed by atoms with Crippen LogP contribution in [0.25, 0.3) is 0 Å². The standard InChI is InChI=1S/C11H10N4O3/c1-7-13-10(12)6-11(14-7)18-9-5-3-2-4-8(9)15(16)17/h2-6H,1H3,(H2,12,13,14). The first kappa shape index (κ1) is 11.8. The highest BCUT2D eigenvalue weighted by Gasteiger charge is 2.15. The molecule has 2 rings (SSSR count). The minimum atomic E-state index is -0.521. The summed E-state index contributed by atoms with van der Waals surface area (Å²) in [5.41, 5.74) is 5.41. The first-order valence-corrected chi connectivity index (χ1v) is 5.08. The molecule has 0 spiro atoms. The number of nitrogens with zero attached hydrogens (tertiary/aromatic N) is 3. The second kappa shape index (κ2) is 4.66. The summed E-state index contributed by atoms with van der Waals surface area (Å²) >= 11 is 0. The largest absolute Gasteiger partial charge is 0.432 e. The highest BCUT2D eigenvalue weighted by molar-refractivity contribution is 5.48. The predicted molar refractivity (Wildman–Crippen MR) is 64.4 cm³/mol. The average Bonchev–Trinajstić information content (AvgIpc) is 2.27. The van der Waals surface area contributed by atoms with Crippen LogP contribution in [0.4, 0.5) is 11.5 Å². The van der Waals surface area contributed by atoms with Crippen molar-refractivity contribution in [2.75, 3.05) is 5.73 Å². The molecule has 0 unspecified atom stereocenters. The van der Waals surface area contributed by atoms with Gasteiger partial charge in [-0.3, -0.25) is 10.1 Å².